The Hall–Kier alpha value is -3.28. The molecule has 2 saturated heterocycles. The maximum Gasteiger partial charge on any atom is 0.327 e. The van der Waals surface area contributed by atoms with Crippen LogP contribution >= 0.6 is 15.9 Å². The van der Waals surface area contributed by atoms with Gasteiger partial charge in [0.05, 0.1) is 42.8 Å². The lowest BCUT2D eigenvalue weighted by molar-refractivity contribution is -0.150. The number of hydrogen-bond donors (Lipinski definition) is 3. The molecule has 0 saturated carbocycles. The number of carbonyl (C=O) groups is 4. The number of carboxylic acid groups (broad SMARTS) is 1. The largest absolute Gasteiger partial charge is 0.493 e. The third kappa shape index (κ3) is 3.70. The molecule has 2 aliphatic heterocycles. The van der Waals surface area contributed by atoms with E-state index in [0.29, 0.717) is 27.1 Å². The Morgan fingerprint density at radius 3 is 2.29 bits per heavy atom. The highest BCUT2D eigenvalue weighted by atomic mass is 79.9. The highest BCUT2D eigenvalue weighted by molar-refractivity contribution is 9.10. The van der Waals surface area contributed by atoms with Crippen LogP contribution in [0.15, 0.2) is 40.9 Å². The van der Waals surface area contributed by atoms with E-state index < -0.39 is 47.8 Å². The van der Waals surface area contributed by atoms with E-state index in [1.54, 1.807) is 12.1 Å². The number of methoxy groups -OCH3 is 2. The van der Waals surface area contributed by atoms with E-state index >= 15 is 0 Å². The number of nitrogens with one attached hydrogen (secondary N) is 1. The molecule has 2 aromatic carbocycles. The molecule has 0 bridgehead atoms. The number of benzene rings is 2. The molecule has 0 spiro atoms. The fourth-order valence-corrected chi connectivity index (χ4v) is 5.54. The van der Waals surface area contributed by atoms with Gasteiger partial charge in [-0.05, 0) is 64.8 Å². The summed E-state index contributed by atoms with van der Waals surface area (Å²) in [7, 11) is 2.90. The molecule has 4 atom stereocenters. The molecule has 2 fully saturated rings. The highest BCUT2D eigenvalue weighted by Gasteiger charge is 2.68. The summed E-state index contributed by atoms with van der Waals surface area (Å²) in [6, 6.07) is 8.21. The number of halogens is 1. The first-order chi connectivity index (χ1) is 16.6. The molecule has 11 heteroatoms. The van der Waals surface area contributed by atoms with Gasteiger partial charge in [-0.25, -0.2) is 4.90 Å². The topological polar surface area (TPSA) is 142 Å². The molecule has 4 unspecified atom stereocenters. The first-order valence-corrected chi connectivity index (χ1v) is 11.4. The molecule has 0 aromatic heterocycles. The van der Waals surface area contributed by atoms with Crippen LogP contribution in [0.4, 0.5) is 5.69 Å². The monoisotopic (exact) mass is 546 g/mol. The fourth-order valence-electron chi connectivity index (χ4n) is 4.92. The van der Waals surface area contributed by atoms with Crippen LogP contribution in [0.2, 0.25) is 0 Å². The number of carboxylic acids is 1. The van der Waals surface area contributed by atoms with Gasteiger partial charge in [0.2, 0.25) is 11.8 Å². The standard InChI is InChI=1S/C24H23BrN2O8/c1-11(29)12-4-6-14(7-5-12)27-21(30)17-18(22(27)31)24(10-28,23(32)33)26-19(17)13-8-15(25)20(35-3)16(9-13)34-2/h4-9,17-19,26,28H,10H2,1-3H3,(H,32,33). The second-order valence-corrected chi connectivity index (χ2v) is 9.27. The minimum Gasteiger partial charge on any atom is -0.493 e. The maximum absolute atomic E-state index is 13.6. The van der Waals surface area contributed by atoms with Crippen molar-refractivity contribution in [3.63, 3.8) is 0 Å². The summed E-state index contributed by atoms with van der Waals surface area (Å²) in [6.45, 7) is 0.482. The van der Waals surface area contributed by atoms with Crippen LogP contribution in [0.5, 0.6) is 11.5 Å². The number of anilines is 1. The number of imide groups is 1. The number of nitrogens with zero attached hydrogens (tertiary/aromatic N) is 1. The van der Waals surface area contributed by atoms with Gasteiger partial charge in [0, 0.05) is 11.6 Å². The Labute approximate surface area is 208 Å². The molecule has 184 valence electrons. The summed E-state index contributed by atoms with van der Waals surface area (Å²) in [4.78, 5) is 52.1. The molecule has 35 heavy (non-hydrogen) atoms. The van der Waals surface area contributed by atoms with E-state index in [9.17, 15) is 29.4 Å². The summed E-state index contributed by atoms with van der Waals surface area (Å²) in [5.41, 5.74) is -1.01. The number of aliphatic carboxylic acids is 1. The van der Waals surface area contributed by atoms with Crippen molar-refractivity contribution >= 4 is 45.2 Å². The van der Waals surface area contributed by atoms with Gasteiger partial charge in [-0.2, -0.15) is 0 Å². The van der Waals surface area contributed by atoms with Gasteiger partial charge in [-0.1, -0.05) is 0 Å². The van der Waals surface area contributed by atoms with E-state index in [-0.39, 0.29) is 11.5 Å². The van der Waals surface area contributed by atoms with Crippen LogP contribution in [-0.2, 0) is 14.4 Å². The van der Waals surface area contributed by atoms with Crippen LogP contribution in [0.25, 0.3) is 0 Å². The van der Waals surface area contributed by atoms with Crippen molar-refractivity contribution in [2.75, 3.05) is 25.7 Å². The Balaban J connectivity index is 1.85. The van der Waals surface area contributed by atoms with Crippen LogP contribution in [-0.4, -0.2) is 60.1 Å². The second-order valence-electron chi connectivity index (χ2n) is 8.41. The Morgan fingerprint density at radius 1 is 1.11 bits per heavy atom. The summed E-state index contributed by atoms with van der Waals surface area (Å²) in [5, 5.41) is 23.1. The number of carbonyl (C=O) groups excluding carboxylic acids is 3. The van der Waals surface area contributed by atoms with E-state index in [2.05, 4.69) is 21.2 Å². The Kier molecular flexibility index (Phi) is 6.43. The van der Waals surface area contributed by atoms with E-state index in [1.165, 1.54) is 45.4 Å². The number of rotatable bonds is 7. The van der Waals surface area contributed by atoms with Crippen molar-refractivity contribution in [1.29, 1.82) is 0 Å². The van der Waals surface area contributed by atoms with Crippen LogP contribution < -0.4 is 19.7 Å². The molecule has 3 N–H and O–H groups in total. The van der Waals surface area contributed by atoms with Crippen molar-refractivity contribution in [3.05, 3.63) is 52.0 Å². The number of Topliss-reactive ketones (excluding diaryl/α,β-unsaturated/α-hetero) is 1. The third-order valence-corrected chi connectivity index (χ3v) is 7.22. The van der Waals surface area contributed by atoms with Crippen molar-refractivity contribution in [3.8, 4) is 11.5 Å². The number of aliphatic hydroxyl groups is 1. The van der Waals surface area contributed by atoms with Crippen molar-refractivity contribution in [1.82, 2.24) is 5.32 Å². The zero-order valence-electron chi connectivity index (χ0n) is 19.1. The van der Waals surface area contributed by atoms with Gasteiger partial charge in [-0.3, -0.25) is 24.5 Å². The van der Waals surface area contributed by atoms with E-state index in [4.69, 9.17) is 9.47 Å². The Bertz CT molecular complexity index is 1230. The quantitative estimate of drug-likeness (QED) is 0.350. The molecule has 2 aromatic rings. The van der Waals surface area contributed by atoms with Crippen LogP contribution in [0.1, 0.15) is 28.9 Å². The summed E-state index contributed by atoms with van der Waals surface area (Å²) in [5.74, 6) is -4.76. The first kappa shape index (κ1) is 24.8. The number of amides is 2. The van der Waals surface area contributed by atoms with Crippen LogP contribution in [0.3, 0.4) is 0 Å². The zero-order chi connectivity index (χ0) is 25.7. The zero-order valence-corrected chi connectivity index (χ0v) is 20.7. The fraction of sp³-hybridized carbons (Fsp3) is 0.333. The molecule has 2 aliphatic rings. The highest BCUT2D eigenvalue weighted by Crippen LogP contribution is 2.51. The van der Waals surface area contributed by atoms with Crippen molar-refractivity contribution < 1.29 is 38.9 Å². The van der Waals surface area contributed by atoms with Gasteiger partial charge in [-0.15, -0.1) is 0 Å². The number of ketones is 1. The van der Waals surface area contributed by atoms with Crippen LogP contribution in [0, 0.1) is 11.8 Å². The smallest absolute Gasteiger partial charge is 0.327 e. The predicted molar refractivity (Wildman–Crippen MR) is 126 cm³/mol. The molecule has 10 nitrogen and oxygen atoms in total. The van der Waals surface area contributed by atoms with E-state index in [0.717, 1.165) is 4.90 Å². The summed E-state index contributed by atoms with van der Waals surface area (Å²) >= 11 is 3.40. The number of fused-ring (bicyclic) bond motifs is 1. The van der Waals surface area contributed by atoms with Gasteiger partial charge in [0.15, 0.2) is 22.8 Å². The van der Waals surface area contributed by atoms with E-state index in [1.807, 2.05) is 0 Å². The van der Waals surface area contributed by atoms with Crippen molar-refractivity contribution in [2.45, 2.75) is 18.5 Å². The predicted octanol–water partition coefficient (Wildman–Crippen LogP) is 1.93. The van der Waals surface area contributed by atoms with Crippen molar-refractivity contribution in [2.24, 2.45) is 11.8 Å². The average molecular weight is 547 g/mol. The average Bonchev–Trinajstić information content (AvgIpc) is 3.32. The van der Waals surface area contributed by atoms with Gasteiger partial charge in [0.1, 0.15) is 0 Å². The summed E-state index contributed by atoms with van der Waals surface area (Å²) < 4.78 is 11.2. The first-order valence-electron chi connectivity index (χ1n) is 10.6. The van der Waals surface area contributed by atoms with Gasteiger partial charge < -0.3 is 19.7 Å². The summed E-state index contributed by atoms with van der Waals surface area (Å²) in [6.07, 6.45) is 0. The molecule has 0 radical (unpaired) electrons. The molecular weight excluding hydrogens is 524 g/mol. The lowest BCUT2D eigenvalue weighted by Gasteiger charge is -2.29. The minimum absolute atomic E-state index is 0.180. The lowest BCUT2D eigenvalue weighted by atomic mass is 9.79. The third-order valence-electron chi connectivity index (χ3n) is 6.63. The lowest BCUT2D eigenvalue weighted by Crippen LogP contribution is -2.58. The number of hydrogen-bond acceptors (Lipinski definition) is 8. The second kappa shape index (κ2) is 9.06. The molecule has 0 aliphatic carbocycles. The van der Waals surface area contributed by atoms with Gasteiger partial charge >= 0.3 is 5.97 Å². The van der Waals surface area contributed by atoms with Gasteiger partial charge in [0.25, 0.3) is 0 Å². The Morgan fingerprint density at radius 2 is 1.77 bits per heavy atom. The molecule has 4 rings (SSSR count). The minimum atomic E-state index is -2.09. The SMILES string of the molecule is COc1cc(C2NC(CO)(C(=O)O)C3C(=O)N(c4ccc(C(C)=O)cc4)C(=O)C23)cc(Br)c1OC. The molecule has 2 amide bonds. The normalized spacial score (nSPS) is 25.5. The number of aliphatic hydroxyl groups excluding tert-OH is 1. The number of ether oxygens (including phenoxy) is 2. The molecule has 2 heterocycles. The maximum atomic E-state index is 13.6. The molecular formula is C24H23BrN2O8.